The quantitative estimate of drug-likeness (QED) is 0.0220. The highest BCUT2D eigenvalue weighted by Gasteiger charge is 2.29. The molecule has 0 saturated heterocycles. The molecule has 0 bridgehead atoms. The normalized spacial score (nSPS) is 12.5. The van der Waals surface area contributed by atoms with Gasteiger partial charge in [-0.15, -0.1) is 0 Å². The van der Waals surface area contributed by atoms with E-state index in [1.54, 1.807) is 51.2 Å². The first-order valence-corrected chi connectivity index (χ1v) is 28.4. The number of fused-ring (bicyclic) bond motifs is 1. The molecule has 0 aliphatic carbocycles. The van der Waals surface area contributed by atoms with Gasteiger partial charge in [0.05, 0.1) is 50.3 Å². The van der Waals surface area contributed by atoms with E-state index in [0.29, 0.717) is 77.3 Å². The van der Waals surface area contributed by atoms with Gasteiger partial charge in [-0.05, 0) is 101 Å². The van der Waals surface area contributed by atoms with E-state index in [4.69, 9.17) is 26.7 Å². The van der Waals surface area contributed by atoms with Crippen molar-refractivity contribution in [2.75, 3.05) is 76.0 Å². The van der Waals surface area contributed by atoms with Gasteiger partial charge in [0.15, 0.2) is 22.8 Å². The molecule has 0 aliphatic rings. The Morgan fingerprint density at radius 3 is 1.76 bits per heavy atom. The van der Waals surface area contributed by atoms with E-state index in [-0.39, 0.29) is 145 Å². The SMILES string of the molecule is C=C(CC[C@H](NC(=O)c1ccc(N(C)Cc2cnc3nc(N)nc(N)c3n2)cc1)C(=O)O)NCCOCCOCCCC(=O)[C@H](CCCCN(O)C(=O)CC)NC(=O)[C@H](CCCCN(O)C(=O)CC)NC(=O)[C@@H](N)CCCCN(O)C(=O)CC. The van der Waals surface area contributed by atoms with Crippen LogP contribution in [0.1, 0.15) is 140 Å². The average molecular weight is 1180 g/mol. The molecule has 0 aliphatic heterocycles. The van der Waals surface area contributed by atoms with Crippen LogP contribution in [0.4, 0.5) is 17.5 Å². The molecule has 29 heteroatoms. The number of carboxylic acids is 1. The number of carbonyl (C=O) groups is 8. The summed E-state index contributed by atoms with van der Waals surface area (Å²) in [5.74, 6) is -4.67. The van der Waals surface area contributed by atoms with Gasteiger partial charge in [-0.1, -0.05) is 27.4 Å². The average Bonchev–Trinajstić information content (AvgIpc) is 3.06. The number of nitrogen functional groups attached to an aromatic ring is 2. The fourth-order valence-corrected chi connectivity index (χ4v) is 8.34. The fourth-order valence-electron chi connectivity index (χ4n) is 8.34. The van der Waals surface area contributed by atoms with Crippen molar-refractivity contribution in [3.63, 3.8) is 0 Å². The minimum atomic E-state index is -1.20. The maximum atomic E-state index is 13.9. The Morgan fingerprint density at radius 1 is 0.643 bits per heavy atom. The van der Waals surface area contributed by atoms with Crippen molar-refractivity contribution in [2.45, 2.75) is 154 Å². The lowest BCUT2D eigenvalue weighted by molar-refractivity contribution is -0.165. The first kappa shape index (κ1) is 70.6. The molecule has 0 saturated carbocycles. The number of carbonyl (C=O) groups excluding carboxylic acids is 7. The minimum absolute atomic E-state index is 0.00554. The highest BCUT2D eigenvalue weighted by Crippen LogP contribution is 2.20. The summed E-state index contributed by atoms with van der Waals surface area (Å²) in [7, 11) is 1.83. The second kappa shape index (κ2) is 38.2. The second-order valence-electron chi connectivity index (χ2n) is 20.0. The van der Waals surface area contributed by atoms with Gasteiger partial charge in [0.25, 0.3) is 5.91 Å². The van der Waals surface area contributed by atoms with E-state index in [2.05, 4.69) is 47.8 Å². The van der Waals surface area contributed by atoms with Gasteiger partial charge in [0.2, 0.25) is 35.5 Å². The maximum Gasteiger partial charge on any atom is 0.326 e. The van der Waals surface area contributed by atoms with Crippen molar-refractivity contribution in [1.82, 2.24) is 56.4 Å². The van der Waals surface area contributed by atoms with E-state index in [1.807, 2.05) is 11.9 Å². The molecule has 0 radical (unpaired) electrons. The van der Waals surface area contributed by atoms with Gasteiger partial charge in [0.1, 0.15) is 12.1 Å². The molecule has 4 atom stereocenters. The summed E-state index contributed by atoms with van der Waals surface area (Å²) in [4.78, 5) is 120. The number of carboxylic acid groups (broad SMARTS) is 1. The number of ketones is 1. The van der Waals surface area contributed by atoms with Gasteiger partial charge in [-0.25, -0.2) is 30.0 Å². The lowest BCUT2D eigenvalue weighted by Gasteiger charge is -2.25. The number of nitrogens with one attached hydrogen (secondary N) is 4. The summed E-state index contributed by atoms with van der Waals surface area (Å²) >= 11 is 0. The van der Waals surface area contributed by atoms with Crippen LogP contribution in [0.15, 0.2) is 42.7 Å². The number of Topliss-reactive ketones (excluding diaryl/α,β-unsaturated/α-hetero) is 1. The molecule has 84 heavy (non-hydrogen) atoms. The van der Waals surface area contributed by atoms with Crippen molar-refractivity contribution in [3.8, 4) is 0 Å². The summed E-state index contributed by atoms with van der Waals surface area (Å²) < 4.78 is 11.3. The van der Waals surface area contributed by atoms with Crippen LogP contribution >= 0.6 is 0 Å². The maximum absolute atomic E-state index is 13.9. The zero-order chi connectivity index (χ0) is 62.1. The Morgan fingerprint density at radius 2 is 1.19 bits per heavy atom. The minimum Gasteiger partial charge on any atom is -0.480 e. The van der Waals surface area contributed by atoms with Crippen molar-refractivity contribution < 1.29 is 68.6 Å². The van der Waals surface area contributed by atoms with E-state index in [0.717, 1.165) is 5.69 Å². The number of nitrogens with zero attached hydrogens (tertiary/aromatic N) is 8. The largest absolute Gasteiger partial charge is 0.480 e. The molecular weight excluding hydrogens is 1090 g/mol. The number of benzene rings is 1. The summed E-state index contributed by atoms with van der Waals surface area (Å²) in [5, 5.41) is 52.7. The molecule has 466 valence electrons. The second-order valence-corrected chi connectivity index (χ2v) is 20.0. The number of nitrogens with two attached hydrogens (primary N) is 3. The van der Waals surface area contributed by atoms with Crippen LogP contribution in [0.25, 0.3) is 11.2 Å². The monoisotopic (exact) mass is 1180 g/mol. The number of amides is 6. The smallest absolute Gasteiger partial charge is 0.326 e. The summed E-state index contributed by atoms with van der Waals surface area (Å²) in [6.07, 6.45) is 4.88. The van der Waals surface area contributed by atoms with Crippen molar-refractivity contribution in [1.29, 1.82) is 0 Å². The fraction of sp³-hybridized carbons (Fsp3) is 0.600. The lowest BCUT2D eigenvalue weighted by Crippen LogP contribution is -2.54. The number of allylic oxidation sites excluding steroid dienone is 1. The Labute approximate surface area is 489 Å². The molecule has 0 spiro atoms. The Kier molecular flexibility index (Phi) is 32.1. The van der Waals surface area contributed by atoms with Crippen LogP contribution in [-0.2, 0) is 49.6 Å². The van der Waals surface area contributed by atoms with E-state index < -0.39 is 65.6 Å². The van der Waals surface area contributed by atoms with Gasteiger partial charge in [0, 0.05) is 82.5 Å². The van der Waals surface area contributed by atoms with Crippen molar-refractivity contribution in [3.05, 3.63) is 54.0 Å². The molecule has 6 amide bonds. The van der Waals surface area contributed by atoms with Crippen LogP contribution in [-0.4, -0.2) is 187 Å². The molecule has 14 N–H and O–H groups in total. The zero-order valence-electron chi connectivity index (χ0n) is 48.8. The molecule has 2 aromatic heterocycles. The first-order valence-electron chi connectivity index (χ1n) is 28.4. The highest BCUT2D eigenvalue weighted by molar-refractivity contribution is 5.97. The van der Waals surface area contributed by atoms with E-state index in [1.165, 1.54) is 0 Å². The molecular formula is C55H87N15O14. The molecule has 0 fully saturated rings. The third kappa shape index (κ3) is 25.8. The number of aromatic nitrogens is 4. The molecule has 29 nitrogen and oxygen atoms in total. The third-order valence-electron chi connectivity index (χ3n) is 13.3. The van der Waals surface area contributed by atoms with Gasteiger partial charge < -0.3 is 57.9 Å². The lowest BCUT2D eigenvalue weighted by atomic mass is 10.00. The third-order valence-corrected chi connectivity index (χ3v) is 13.3. The standard InChI is InChI=1S/C55H87N15O14/c1-6-45(72)68(80)27-12-9-16-40(56)52(76)63-42(18-11-14-29-70(82)47(74)8-3)53(77)62-41(17-10-13-28-69(81)46(73)7-2)44(71)19-15-30-83-32-33-84-31-26-59-36(4)20-25-43(54(78)79)64-51(75)37-21-23-39(24-22-37)67(5)35-38-34-60-50-48(61-38)49(57)65-55(58)66-50/h21-24,34,40-43,59,80-82H,4,6-20,25-33,35,56H2,1-3,5H3,(H,62,77)(H,63,76)(H,64,75)(H,78,79)(H4,57,58,60,65,66)/t40-,41-,42-,43-/m0/s1. The number of rotatable bonds is 43. The number of aliphatic carboxylic acids is 1. The molecule has 2 heterocycles. The summed E-state index contributed by atoms with van der Waals surface area (Å²) in [6.45, 7) is 10.4. The molecule has 0 unspecified atom stereocenters. The van der Waals surface area contributed by atoms with Crippen LogP contribution in [0.5, 0.6) is 0 Å². The first-order chi connectivity index (χ1) is 40.1. The number of unbranched alkanes of at least 4 members (excludes halogenated alkanes) is 3. The van der Waals surface area contributed by atoms with Crippen LogP contribution < -0.4 is 43.4 Å². The van der Waals surface area contributed by atoms with Gasteiger partial charge >= 0.3 is 5.97 Å². The van der Waals surface area contributed by atoms with Crippen LogP contribution in [0.2, 0.25) is 0 Å². The number of anilines is 3. The molecule has 3 aromatic rings. The Hall–Kier alpha value is -7.70. The predicted molar refractivity (Wildman–Crippen MR) is 308 cm³/mol. The highest BCUT2D eigenvalue weighted by atomic mass is 16.5. The molecule has 3 rings (SSSR count). The number of hydroxylamine groups is 6. The van der Waals surface area contributed by atoms with Gasteiger partial charge in [-0.3, -0.25) is 49.2 Å². The Balaban J connectivity index is 1.44. The van der Waals surface area contributed by atoms with Crippen LogP contribution in [0, 0.1) is 0 Å². The van der Waals surface area contributed by atoms with E-state index in [9.17, 15) is 59.1 Å². The zero-order valence-corrected chi connectivity index (χ0v) is 48.8. The summed E-state index contributed by atoms with van der Waals surface area (Å²) in [5.41, 5.74) is 20.5. The number of hydrogen-bond donors (Lipinski definition) is 11. The van der Waals surface area contributed by atoms with E-state index >= 15 is 0 Å². The number of ether oxygens (including phenoxy) is 2. The Bertz CT molecular complexity index is 2620. The van der Waals surface area contributed by atoms with Crippen LogP contribution in [0.3, 0.4) is 0 Å². The topological polar surface area (TPSA) is 427 Å². The number of hydrogen-bond acceptors (Lipinski definition) is 22. The van der Waals surface area contributed by atoms with Crippen molar-refractivity contribution >= 4 is 75.8 Å². The van der Waals surface area contributed by atoms with Crippen molar-refractivity contribution in [2.24, 2.45) is 5.73 Å². The van der Waals surface area contributed by atoms with Gasteiger partial charge in [-0.2, -0.15) is 9.97 Å². The molecule has 1 aromatic carbocycles. The predicted octanol–water partition coefficient (Wildman–Crippen LogP) is 2.36. The summed E-state index contributed by atoms with van der Waals surface area (Å²) in [6, 6.07) is 2.22.